The van der Waals surface area contributed by atoms with Crippen molar-refractivity contribution in [1.82, 2.24) is 5.32 Å². The molecule has 1 N–H and O–H groups in total. The summed E-state index contributed by atoms with van der Waals surface area (Å²) in [4.78, 5) is 0. The van der Waals surface area contributed by atoms with Crippen LogP contribution in [0.3, 0.4) is 0 Å². The third kappa shape index (κ3) is 5.02. The van der Waals surface area contributed by atoms with E-state index in [-0.39, 0.29) is 0 Å². The molecule has 20 heavy (non-hydrogen) atoms. The predicted octanol–water partition coefficient (Wildman–Crippen LogP) is 2.61. The molecule has 0 fully saturated rings. The van der Waals surface area contributed by atoms with Gasteiger partial charge in [-0.3, -0.25) is 0 Å². The van der Waals surface area contributed by atoms with E-state index in [4.69, 9.17) is 14.2 Å². The number of fused-ring (bicyclic) bond motifs is 1. The Hall–Kier alpha value is -1.26. The van der Waals surface area contributed by atoms with Gasteiger partial charge in [0, 0.05) is 26.1 Å². The van der Waals surface area contributed by atoms with Crippen LogP contribution in [-0.2, 0) is 11.3 Å². The van der Waals surface area contributed by atoms with Gasteiger partial charge in [-0.05, 0) is 23.6 Å². The van der Waals surface area contributed by atoms with Crippen molar-refractivity contribution in [2.45, 2.75) is 26.8 Å². The Morgan fingerprint density at radius 3 is 2.80 bits per heavy atom. The van der Waals surface area contributed by atoms with Crippen LogP contribution in [0.15, 0.2) is 18.2 Å². The minimum atomic E-state index is 0.594. The van der Waals surface area contributed by atoms with Crippen LogP contribution in [-0.4, -0.2) is 33.0 Å². The van der Waals surface area contributed by atoms with Gasteiger partial charge in [-0.2, -0.15) is 0 Å². The monoisotopic (exact) mass is 279 g/mol. The molecule has 0 bridgehead atoms. The first kappa shape index (κ1) is 15.1. The van der Waals surface area contributed by atoms with Gasteiger partial charge >= 0.3 is 0 Å². The van der Waals surface area contributed by atoms with Crippen molar-refractivity contribution in [3.63, 3.8) is 0 Å². The highest BCUT2D eigenvalue weighted by Gasteiger charge is 2.10. The second kappa shape index (κ2) is 8.12. The SMILES string of the molecule is CC(C)COCCNCc1ccc2c(c1)OCCCO2. The highest BCUT2D eigenvalue weighted by Crippen LogP contribution is 2.30. The normalized spacial score (nSPS) is 14.3. The molecule has 2 rings (SSSR count). The van der Waals surface area contributed by atoms with Crippen LogP contribution in [0, 0.1) is 5.92 Å². The summed E-state index contributed by atoms with van der Waals surface area (Å²) in [6, 6.07) is 6.13. The van der Waals surface area contributed by atoms with E-state index in [9.17, 15) is 0 Å². The molecule has 1 aliphatic rings. The molecule has 1 aromatic rings. The molecule has 0 aromatic heterocycles. The Labute approximate surface area is 121 Å². The lowest BCUT2D eigenvalue weighted by atomic mass is 10.2. The first-order chi connectivity index (χ1) is 9.75. The van der Waals surface area contributed by atoms with E-state index >= 15 is 0 Å². The second-order valence-corrected chi connectivity index (χ2v) is 5.48. The molecule has 0 saturated carbocycles. The smallest absolute Gasteiger partial charge is 0.161 e. The Balaban J connectivity index is 1.72. The quantitative estimate of drug-likeness (QED) is 0.779. The molecule has 1 aliphatic heterocycles. The number of hydrogen-bond acceptors (Lipinski definition) is 4. The van der Waals surface area contributed by atoms with Crippen molar-refractivity contribution >= 4 is 0 Å². The molecule has 1 heterocycles. The first-order valence-electron chi connectivity index (χ1n) is 7.42. The molecule has 112 valence electrons. The maximum atomic E-state index is 5.68. The van der Waals surface area contributed by atoms with E-state index in [0.29, 0.717) is 5.92 Å². The summed E-state index contributed by atoms with van der Waals surface area (Å²) in [6.45, 7) is 9.04. The van der Waals surface area contributed by atoms with Crippen molar-refractivity contribution in [3.8, 4) is 11.5 Å². The molecular formula is C16H25NO3. The van der Waals surface area contributed by atoms with Gasteiger partial charge in [0.25, 0.3) is 0 Å². The molecule has 4 heteroatoms. The molecule has 0 saturated heterocycles. The lowest BCUT2D eigenvalue weighted by Gasteiger charge is -2.11. The third-order valence-corrected chi connectivity index (χ3v) is 3.02. The standard InChI is InChI=1S/C16H25NO3/c1-13(2)12-18-9-6-17-11-14-4-5-15-16(10-14)20-8-3-7-19-15/h4-5,10,13,17H,3,6-9,11-12H2,1-2H3. The van der Waals surface area contributed by atoms with E-state index in [2.05, 4.69) is 31.3 Å². The summed E-state index contributed by atoms with van der Waals surface area (Å²) in [5, 5.41) is 3.38. The fraction of sp³-hybridized carbons (Fsp3) is 0.625. The van der Waals surface area contributed by atoms with Gasteiger partial charge in [0.2, 0.25) is 0 Å². The van der Waals surface area contributed by atoms with E-state index in [1.165, 1.54) is 5.56 Å². The van der Waals surface area contributed by atoms with Gasteiger partial charge in [0.1, 0.15) is 0 Å². The van der Waals surface area contributed by atoms with Crippen molar-refractivity contribution in [2.75, 3.05) is 33.0 Å². The van der Waals surface area contributed by atoms with Gasteiger partial charge in [0.15, 0.2) is 11.5 Å². The van der Waals surface area contributed by atoms with Gasteiger partial charge in [-0.1, -0.05) is 19.9 Å². The largest absolute Gasteiger partial charge is 0.490 e. The zero-order valence-corrected chi connectivity index (χ0v) is 12.5. The fourth-order valence-electron chi connectivity index (χ4n) is 2.01. The molecule has 0 atom stereocenters. The first-order valence-corrected chi connectivity index (χ1v) is 7.42. The van der Waals surface area contributed by atoms with Crippen LogP contribution >= 0.6 is 0 Å². The van der Waals surface area contributed by atoms with E-state index in [0.717, 1.165) is 57.4 Å². The average Bonchev–Trinajstić information content (AvgIpc) is 2.67. The van der Waals surface area contributed by atoms with Crippen LogP contribution in [0.5, 0.6) is 11.5 Å². The van der Waals surface area contributed by atoms with Gasteiger partial charge < -0.3 is 19.5 Å². The zero-order chi connectivity index (χ0) is 14.2. The summed E-state index contributed by atoms with van der Waals surface area (Å²) in [6.07, 6.45) is 0.940. The molecule has 1 aromatic carbocycles. The van der Waals surface area contributed by atoms with Crippen LogP contribution in [0.1, 0.15) is 25.8 Å². The van der Waals surface area contributed by atoms with Gasteiger partial charge in [-0.15, -0.1) is 0 Å². The summed E-state index contributed by atoms with van der Waals surface area (Å²) in [7, 11) is 0. The number of hydrogen-bond donors (Lipinski definition) is 1. The number of rotatable bonds is 7. The molecule has 4 nitrogen and oxygen atoms in total. The fourth-order valence-corrected chi connectivity index (χ4v) is 2.01. The number of ether oxygens (including phenoxy) is 3. The molecule has 0 spiro atoms. The molecule has 0 amide bonds. The zero-order valence-electron chi connectivity index (χ0n) is 12.5. The van der Waals surface area contributed by atoms with Crippen molar-refractivity contribution < 1.29 is 14.2 Å². The molecule has 0 unspecified atom stereocenters. The molecule has 0 radical (unpaired) electrons. The topological polar surface area (TPSA) is 39.7 Å². The van der Waals surface area contributed by atoms with E-state index < -0.39 is 0 Å². The number of benzene rings is 1. The highest BCUT2D eigenvalue weighted by atomic mass is 16.5. The van der Waals surface area contributed by atoms with Crippen molar-refractivity contribution in [2.24, 2.45) is 5.92 Å². The summed E-state index contributed by atoms with van der Waals surface area (Å²) in [5.74, 6) is 2.31. The Bertz CT molecular complexity index is 407. The lowest BCUT2D eigenvalue weighted by molar-refractivity contribution is 0.111. The maximum absolute atomic E-state index is 5.68. The van der Waals surface area contributed by atoms with Crippen LogP contribution in [0.4, 0.5) is 0 Å². The Morgan fingerprint density at radius 2 is 2.00 bits per heavy atom. The third-order valence-electron chi connectivity index (χ3n) is 3.02. The maximum Gasteiger partial charge on any atom is 0.161 e. The second-order valence-electron chi connectivity index (χ2n) is 5.48. The lowest BCUT2D eigenvalue weighted by Crippen LogP contribution is -2.20. The van der Waals surface area contributed by atoms with Gasteiger partial charge in [0.05, 0.1) is 19.8 Å². The predicted molar refractivity (Wildman–Crippen MR) is 79.4 cm³/mol. The van der Waals surface area contributed by atoms with Crippen LogP contribution in [0.2, 0.25) is 0 Å². The molecular weight excluding hydrogens is 254 g/mol. The summed E-state index contributed by atoms with van der Waals surface area (Å²) >= 11 is 0. The van der Waals surface area contributed by atoms with Gasteiger partial charge in [-0.25, -0.2) is 0 Å². The van der Waals surface area contributed by atoms with Crippen molar-refractivity contribution in [3.05, 3.63) is 23.8 Å². The molecule has 0 aliphatic carbocycles. The minimum absolute atomic E-state index is 0.594. The summed E-state index contributed by atoms with van der Waals surface area (Å²) < 4.78 is 16.8. The van der Waals surface area contributed by atoms with E-state index in [1.807, 2.05) is 6.07 Å². The highest BCUT2D eigenvalue weighted by molar-refractivity contribution is 5.43. The van der Waals surface area contributed by atoms with Crippen molar-refractivity contribution in [1.29, 1.82) is 0 Å². The average molecular weight is 279 g/mol. The van der Waals surface area contributed by atoms with Crippen LogP contribution < -0.4 is 14.8 Å². The Kier molecular flexibility index (Phi) is 6.15. The Morgan fingerprint density at radius 1 is 1.20 bits per heavy atom. The van der Waals surface area contributed by atoms with Crippen LogP contribution in [0.25, 0.3) is 0 Å². The number of nitrogens with one attached hydrogen (secondary N) is 1. The minimum Gasteiger partial charge on any atom is -0.490 e. The van der Waals surface area contributed by atoms with E-state index in [1.54, 1.807) is 0 Å². The summed E-state index contributed by atoms with van der Waals surface area (Å²) in [5.41, 5.74) is 1.21.